The molecule has 3 aromatic carbocycles. The minimum Gasteiger partial charge on any atom is -0.497 e. The minimum atomic E-state index is -2.59. The van der Waals surface area contributed by atoms with Crippen LogP contribution in [0.1, 0.15) is 39.3 Å². The first-order valence-corrected chi connectivity index (χ1v) is 15.1. The molecule has 1 aliphatic heterocycles. The molecule has 2 heterocycles. The van der Waals surface area contributed by atoms with Crippen LogP contribution in [0.15, 0.2) is 71.7 Å². The summed E-state index contributed by atoms with van der Waals surface area (Å²) >= 11 is 6.16. The van der Waals surface area contributed by atoms with E-state index in [1.165, 1.54) is 0 Å². The van der Waals surface area contributed by atoms with Crippen LogP contribution in [-0.4, -0.2) is 46.6 Å². The second-order valence-electron chi connectivity index (χ2n) is 9.32. The molecule has 0 spiro atoms. The molecule has 4 aromatic rings. The number of carbonyl (C=O) groups is 1. The highest BCUT2D eigenvalue weighted by atomic mass is 35.5. The lowest BCUT2D eigenvalue weighted by Gasteiger charge is -2.17. The number of carbonyl (C=O) groups excluding carboxylic acids is 1. The number of hydrogen-bond donors (Lipinski definition) is 2. The Morgan fingerprint density at radius 3 is 2.54 bits per heavy atom. The Hall–Kier alpha value is -3.79. The number of halogens is 1. The lowest BCUT2D eigenvalue weighted by Crippen LogP contribution is -2.42. The van der Waals surface area contributed by atoms with Gasteiger partial charge in [0.05, 0.1) is 18.5 Å². The van der Waals surface area contributed by atoms with Gasteiger partial charge < -0.3 is 14.8 Å². The fourth-order valence-corrected chi connectivity index (χ4v) is 5.46. The van der Waals surface area contributed by atoms with E-state index in [1.807, 2.05) is 61.0 Å². The molecule has 1 aliphatic rings. The number of nitrogens with zero attached hydrogens (tertiary/aromatic N) is 4. The lowest BCUT2D eigenvalue weighted by atomic mass is 10.00. The molecule has 0 aliphatic carbocycles. The van der Waals surface area contributed by atoms with Gasteiger partial charge in [0.15, 0.2) is 12.0 Å². The zero-order chi connectivity index (χ0) is 26.3. The molecular weight excluding hydrogens is 506 g/mol. The first-order valence-electron chi connectivity index (χ1n) is 11.7. The van der Waals surface area contributed by atoms with E-state index in [-0.39, 0.29) is 5.91 Å². The van der Waals surface area contributed by atoms with E-state index in [0.29, 0.717) is 33.7 Å². The number of methoxy groups -OCH3 is 1. The summed E-state index contributed by atoms with van der Waals surface area (Å²) in [5.74, 6) is 1.47. The van der Waals surface area contributed by atoms with Crippen LogP contribution in [-0.2, 0) is 0 Å². The van der Waals surface area contributed by atoms with Crippen LogP contribution in [0.2, 0.25) is 18.1 Å². The molecule has 0 saturated heterocycles. The van der Waals surface area contributed by atoms with Crippen molar-refractivity contribution in [3.05, 3.63) is 100 Å². The Labute approximate surface area is 220 Å². The van der Waals surface area contributed by atoms with E-state index >= 15 is 0 Å². The van der Waals surface area contributed by atoms with Crippen LogP contribution in [0.3, 0.4) is 0 Å². The first-order chi connectivity index (χ1) is 17.7. The summed E-state index contributed by atoms with van der Waals surface area (Å²) in [6.45, 7) is 5.48. The minimum absolute atomic E-state index is 0.333. The van der Waals surface area contributed by atoms with Crippen LogP contribution >= 0.6 is 11.6 Å². The number of ether oxygens (including phenoxy) is 1. The van der Waals surface area contributed by atoms with Crippen LogP contribution in [0.4, 0.5) is 0 Å². The van der Waals surface area contributed by atoms with Gasteiger partial charge in [-0.15, -0.1) is 10.2 Å². The van der Waals surface area contributed by atoms with E-state index in [0.717, 1.165) is 22.0 Å². The van der Waals surface area contributed by atoms with Gasteiger partial charge in [-0.05, 0) is 67.7 Å². The molecule has 8 nitrogen and oxygen atoms in total. The SMILES string of the molecule is COc1ccc2c(c1)C(c1ccc(Cl)cc1)=NC(NC(=O)c1cccc([Si](C)(C)O)c1)c1nnc(C)n1-2. The maximum absolute atomic E-state index is 13.4. The monoisotopic (exact) mass is 531 g/mol. The van der Waals surface area contributed by atoms with Crippen LogP contribution in [0, 0.1) is 6.92 Å². The Bertz CT molecular complexity index is 1530. The fraction of sp³-hybridized carbons (Fsp3) is 0.185. The number of hydrogen-bond acceptors (Lipinski definition) is 6. The number of amides is 1. The molecule has 1 atom stereocenters. The molecule has 5 rings (SSSR count). The third-order valence-electron chi connectivity index (χ3n) is 6.27. The van der Waals surface area contributed by atoms with E-state index in [1.54, 1.807) is 37.4 Å². The summed E-state index contributed by atoms with van der Waals surface area (Å²) in [5, 5.41) is 13.1. The number of aryl methyl sites for hydroxylation is 1. The second kappa shape index (κ2) is 9.58. The molecule has 1 amide bonds. The summed E-state index contributed by atoms with van der Waals surface area (Å²) in [7, 11) is -0.982. The highest BCUT2D eigenvalue weighted by Crippen LogP contribution is 2.32. The Morgan fingerprint density at radius 2 is 1.84 bits per heavy atom. The van der Waals surface area contributed by atoms with Crippen LogP contribution in [0.5, 0.6) is 5.75 Å². The molecule has 2 N–H and O–H groups in total. The maximum atomic E-state index is 13.4. The van der Waals surface area contributed by atoms with Crippen molar-refractivity contribution in [1.82, 2.24) is 20.1 Å². The van der Waals surface area contributed by atoms with Crippen molar-refractivity contribution in [3.63, 3.8) is 0 Å². The summed E-state index contributed by atoms with van der Waals surface area (Å²) in [6, 6.07) is 20.2. The average Bonchev–Trinajstić information content (AvgIpc) is 3.21. The van der Waals surface area contributed by atoms with Crippen molar-refractivity contribution >= 4 is 36.7 Å². The largest absolute Gasteiger partial charge is 0.497 e. The number of aromatic nitrogens is 3. The van der Waals surface area contributed by atoms with Crippen LogP contribution in [0.25, 0.3) is 5.69 Å². The number of rotatable bonds is 5. The van der Waals surface area contributed by atoms with Crippen molar-refractivity contribution in [1.29, 1.82) is 0 Å². The number of benzene rings is 3. The standard InChI is InChI=1S/C27H26ClN5O3Si/c1-16-31-32-26-25(30-27(34)18-6-5-7-21(14-18)37(3,4)35)29-24(17-8-10-19(28)11-9-17)22-15-20(36-2)12-13-23(22)33(16)26/h5-15,25,35H,1-4H3,(H,30,34). The number of fused-ring (bicyclic) bond motifs is 3. The molecule has 10 heteroatoms. The molecule has 37 heavy (non-hydrogen) atoms. The maximum Gasteiger partial charge on any atom is 0.253 e. The summed E-state index contributed by atoms with van der Waals surface area (Å²) in [5.41, 5.74) is 3.53. The molecular formula is C27H26ClN5O3Si. The van der Waals surface area contributed by atoms with Crippen molar-refractivity contribution in [2.24, 2.45) is 4.99 Å². The quantitative estimate of drug-likeness (QED) is 0.380. The van der Waals surface area contributed by atoms with Gasteiger partial charge in [-0.25, -0.2) is 0 Å². The molecule has 0 saturated carbocycles. The van der Waals surface area contributed by atoms with Crippen molar-refractivity contribution in [2.75, 3.05) is 7.11 Å². The van der Waals surface area contributed by atoms with Gasteiger partial charge in [0.25, 0.3) is 5.91 Å². The molecule has 0 fully saturated rings. The van der Waals surface area contributed by atoms with Gasteiger partial charge in [-0.2, -0.15) is 0 Å². The fourth-order valence-electron chi connectivity index (χ4n) is 4.32. The highest BCUT2D eigenvalue weighted by molar-refractivity contribution is 6.83. The zero-order valence-corrected chi connectivity index (χ0v) is 22.6. The van der Waals surface area contributed by atoms with E-state index < -0.39 is 14.5 Å². The van der Waals surface area contributed by atoms with Gasteiger partial charge in [0, 0.05) is 21.7 Å². The van der Waals surface area contributed by atoms with Gasteiger partial charge in [0.2, 0.25) is 8.32 Å². The van der Waals surface area contributed by atoms with E-state index in [9.17, 15) is 9.59 Å². The third kappa shape index (κ3) is 4.80. The molecule has 0 radical (unpaired) electrons. The Morgan fingerprint density at radius 1 is 1.08 bits per heavy atom. The van der Waals surface area contributed by atoms with Gasteiger partial charge in [0.1, 0.15) is 11.6 Å². The topological polar surface area (TPSA) is 102 Å². The summed E-state index contributed by atoms with van der Waals surface area (Å²) in [6.07, 6.45) is -0.833. The number of aliphatic imine (C=N–C) groups is 1. The number of nitrogens with one attached hydrogen (secondary N) is 1. The zero-order valence-electron chi connectivity index (χ0n) is 20.9. The predicted molar refractivity (Wildman–Crippen MR) is 146 cm³/mol. The van der Waals surface area contributed by atoms with Gasteiger partial charge >= 0.3 is 0 Å². The van der Waals surface area contributed by atoms with Crippen molar-refractivity contribution < 1.29 is 14.3 Å². The Kier molecular flexibility index (Phi) is 6.45. The average molecular weight is 532 g/mol. The van der Waals surface area contributed by atoms with Gasteiger partial charge in [-0.1, -0.05) is 35.9 Å². The smallest absolute Gasteiger partial charge is 0.253 e. The Balaban J connectivity index is 1.66. The molecule has 0 bridgehead atoms. The van der Waals surface area contributed by atoms with Gasteiger partial charge in [-0.3, -0.25) is 14.4 Å². The normalized spacial score (nSPS) is 14.8. The molecule has 1 aromatic heterocycles. The lowest BCUT2D eigenvalue weighted by molar-refractivity contribution is 0.0936. The third-order valence-corrected chi connectivity index (χ3v) is 8.24. The molecule has 1 unspecified atom stereocenters. The van der Waals surface area contributed by atoms with E-state index in [4.69, 9.17) is 21.3 Å². The first kappa shape index (κ1) is 24.9. The van der Waals surface area contributed by atoms with Crippen molar-refractivity contribution in [2.45, 2.75) is 26.2 Å². The second-order valence-corrected chi connectivity index (χ2v) is 13.5. The summed E-state index contributed by atoms with van der Waals surface area (Å²) < 4.78 is 7.40. The predicted octanol–water partition coefficient (Wildman–Crippen LogP) is 3.92. The molecule has 188 valence electrons. The highest BCUT2D eigenvalue weighted by Gasteiger charge is 2.30. The van der Waals surface area contributed by atoms with E-state index in [2.05, 4.69) is 15.5 Å². The summed E-state index contributed by atoms with van der Waals surface area (Å²) in [4.78, 5) is 29.0. The van der Waals surface area contributed by atoms with Crippen LogP contribution < -0.4 is 15.2 Å². The van der Waals surface area contributed by atoms with Crippen molar-refractivity contribution in [3.8, 4) is 11.4 Å².